The quantitative estimate of drug-likeness (QED) is 0.708. The number of carbonyl (C=O) groups excluding carboxylic acids is 1. The zero-order chi connectivity index (χ0) is 21.2. The van der Waals surface area contributed by atoms with Crippen molar-refractivity contribution < 1.29 is 13.2 Å². The van der Waals surface area contributed by atoms with Gasteiger partial charge in [-0.3, -0.25) is 9.69 Å². The van der Waals surface area contributed by atoms with Crippen molar-refractivity contribution in [2.45, 2.75) is 57.4 Å². The van der Waals surface area contributed by atoms with Crippen LogP contribution < -0.4 is 0 Å². The number of carbonyl (C=O) groups is 1. The molecule has 162 valence electrons. The minimum absolute atomic E-state index is 0.0169. The Balaban J connectivity index is 1.70. The van der Waals surface area contributed by atoms with Crippen LogP contribution in [0.3, 0.4) is 0 Å². The number of nitrogens with zero attached hydrogens (tertiary/aromatic N) is 3. The summed E-state index contributed by atoms with van der Waals surface area (Å²) in [5.74, 6) is 0.237. The molecule has 29 heavy (non-hydrogen) atoms. The van der Waals surface area contributed by atoms with E-state index in [0.29, 0.717) is 37.5 Å². The highest BCUT2D eigenvalue weighted by Gasteiger charge is 2.45. The molecule has 2 saturated heterocycles. The van der Waals surface area contributed by atoms with Crippen LogP contribution in [-0.4, -0.2) is 73.2 Å². The molecule has 1 aromatic carbocycles. The summed E-state index contributed by atoms with van der Waals surface area (Å²) in [5, 5.41) is 0. The van der Waals surface area contributed by atoms with E-state index in [4.69, 9.17) is 0 Å². The summed E-state index contributed by atoms with van der Waals surface area (Å²) in [6.07, 6.45) is 2.64. The van der Waals surface area contributed by atoms with Crippen LogP contribution >= 0.6 is 0 Å². The molecule has 0 N–H and O–H groups in total. The maximum absolute atomic E-state index is 13.2. The van der Waals surface area contributed by atoms with Gasteiger partial charge in [-0.2, -0.15) is 4.31 Å². The average molecular weight is 422 g/mol. The van der Waals surface area contributed by atoms with E-state index in [1.807, 2.05) is 37.8 Å². The third-order valence-electron chi connectivity index (χ3n) is 6.68. The SMILES string of the molecule is CCc1ccccc1S(=O)(=O)N1CCN([C@]2(CC)CCN(C(=O)C(C)C)C2)CC1. The number of amides is 1. The van der Waals surface area contributed by atoms with Crippen molar-refractivity contribution in [2.24, 2.45) is 5.92 Å². The van der Waals surface area contributed by atoms with Crippen molar-refractivity contribution in [3.63, 3.8) is 0 Å². The van der Waals surface area contributed by atoms with Crippen molar-refractivity contribution in [1.29, 1.82) is 0 Å². The van der Waals surface area contributed by atoms with Crippen molar-refractivity contribution in [3.8, 4) is 0 Å². The molecule has 2 fully saturated rings. The Morgan fingerprint density at radius 2 is 1.72 bits per heavy atom. The zero-order valence-electron chi connectivity index (χ0n) is 18.2. The lowest BCUT2D eigenvalue weighted by atomic mass is 9.92. The molecule has 0 aromatic heterocycles. The minimum atomic E-state index is -3.47. The van der Waals surface area contributed by atoms with E-state index in [1.165, 1.54) is 0 Å². The van der Waals surface area contributed by atoms with E-state index in [1.54, 1.807) is 16.4 Å². The van der Waals surface area contributed by atoms with Crippen molar-refractivity contribution in [2.75, 3.05) is 39.3 Å². The Bertz CT molecular complexity index is 831. The van der Waals surface area contributed by atoms with Crippen LogP contribution in [-0.2, 0) is 21.2 Å². The largest absolute Gasteiger partial charge is 0.341 e. The highest BCUT2D eigenvalue weighted by molar-refractivity contribution is 7.89. The Kier molecular flexibility index (Phi) is 6.70. The first kappa shape index (κ1) is 22.2. The first-order valence-electron chi connectivity index (χ1n) is 10.9. The highest BCUT2D eigenvalue weighted by atomic mass is 32.2. The standard InChI is InChI=1S/C22H35N3O3S/c1-5-19-9-7-8-10-20(19)29(27,28)25-15-13-24(14-16-25)22(6-2)11-12-23(17-22)21(26)18(3)4/h7-10,18H,5-6,11-17H2,1-4H3/t22-/m1/s1. The first-order chi connectivity index (χ1) is 13.7. The molecule has 7 heteroatoms. The van der Waals surface area contributed by atoms with Crippen molar-refractivity contribution >= 4 is 15.9 Å². The van der Waals surface area contributed by atoms with Crippen LogP contribution in [0.2, 0.25) is 0 Å². The fourth-order valence-corrected chi connectivity index (χ4v) is 6.49. The Morgan fingerprint density at radius 1 is 1.07 bits per heavy atom. The summed E-state index contributed by atoms with van der Waals surface area (Å²) < 4.78 is 28.1. The lowest BCUT2D eigenvalue weighted by Gasteiger charge is -2.45. The maximum atomic E-state index is 13.2. The van der Waals surface area contributed by atoms with E-state index in [0.717, 1.165) is 31.5 Å². The van der Waals surface area contributed by atoms with Crippen LogP contribution in [0, 0.1) is 5.92 Å². The van der Waals surface area contributed by atoms with Crippen LogP contribution in [0.15, 0.2) is 29.2 Å². The molecule has 0 radical (unpaired) electrons. The predicted molar refractivity (Wildman–Crippen MR) is 115 cm³/mol. The zero-order valence-corrected chi connectivity index (χ0v) is 19.0. The summed E-state index contributed by atoms with van der Waals surface area (Å²) in [6, 6.07) is 7.31. The number of hydrogen-bond acceptors (Lipinski definition) is 4. The first-order valence-corrected chi connectivity index (χ1v) is 12.3. The number of sulfonamides is 1. The Hall–Kier alpha value is -1.44. The van der Waals surface area contributed by atoms with Gasteiger partial charge < -0.3 is 4.90 Å². The Morgan fingerprint density at radius 3 is 2.31 bits per heavy atom. The second kappa shape index (κ2) is 8.74. The Labute approximate surface area is 175 Å². The van der Waals surface area contributed by atoms with Gasteiger partial charge in [0.1, 0.15) is 0 Å². The molecule has 2 aliphatic heterocycles. The third-order valence-corrected chi connectivity index (χ3v) is 8.68. The number of piperazine rings is 1. The molecule has 2 aliphatic rings. The van der Waals surface area contributed by atoms with Gasteiger partial charge in [-0.15, -0.1) is 0 Å². The number of hydrogen-bond donors (Lipinski definition) is 0. The maximum Gasteiger partial charge on any atom is 0.243 e. The fraction of sp³-hybridized carbons (Fsp3) is 0.682. The molecule has 1 aromatic rings. The summed E-state index contributed by atoms with van der Waals surface area (Å²) in [7, 11) is -3.47. The van der Waals surface area contributed by atoms with Gasteiger partial charge in [-0.1, -0.05) is 45.9 Å². The molecule has 6 nitrogen and oxygen atoms in total. The van der Waals surface area contributed by atoms with Gasteiger partial charge in [0, 0.05) is 50.7 Å². The number of rotatable bonds is 6. The molecule has 1 amide bonds. The molecule has 0 aliphatic carbocycles. The summed E-state index contributed by atoms with van der Waals surface area (Å²) in [4.78, 5) is 17.3. The van der Waals surface area contributed by atoms with Crippen molar-refractivity contribution in [1.82, 2.24) is 14.1 Å². The number of benzene rings is 1. The van der Waals surface area contributed by atoms with Gasteiger partial charge in [-0.25, -0.2) is 8.42 Å². The molecule has 0 spiro atoms. The third kappa shape index (κ3) is 4.23. The minimum Gasteiger partial charge on any atom is -0.341 e. The van der Waals surface area contributed by atoms with Crippen LogP contribution in [0.4, 0.5) is 0 Å². The molecule has 2 heterocycles. The normalized spacial score (nSPS) is 24.4. The topological polar surface area (TPSA) is 60.9 Å². The predicted octanol–water partition coefficient (Wildman–Crippen LogP) is 2.59. The van der Waals surface area contributed by atoms with E-state index in [9.17, 15) is 13.2 Å². The smallest absolute Gasteiger partial charge is 0.243 e. The number of likely N-dealkylation sites (tertiary alicyclic amines) is 1. The van der Waals surface area contributed by atoms with Gasteiger partial charge in [-0.05, 0) is 30.9 Å². The van der Waals surface area contributed by atoms with Crippen LogP contribution in [0.1, 0.15) is 46.1 Å². The monoisotopic (exact) mass is 421 g/mol. The summed E-state index contributed by atoms with van der Waals surface area (Å²) in [6.45, 7) is 12.1. The molecule has 0 unspecified atom stereocenters. The molecule has 3 rings (SSSR count). The lowest BCUT2D eigenvalue weighted by Crippen LogP contribution is -2.59. The van der Waals surface area contributed by atoms with Crippen LogP contribution in [0.25, 0.3) is 0 Å². The van der Waals surface area contributed by atoms with E-state index in [2.05, 4.69) is 11.8 Å². The average Bonchev–Trinajstić information content (AvgIpc) is 3.19. The van der Waals surface area contributed by atoms with E-state index >= 15 is 0 Å². The number of aryl methyl sites for hydroxylation is 1. The van der Waals surface area contributed by atoms with Gasteiger partial charge in [0.15, 0.2) is 0 Å². The summed E-state index contributed by atoms with van der Waals surface area (Å²) in [5.41, 5.74) is 0.848. The molecular weight excluding hydrogens is 386 g/mol. The molecule has 0 saturated carbocycles. The van der Waals surface area contributed by atoms with Gasteiger partial charge >= 0.3 is 0 Å². The second-order valence-electron chi connectivity index (χ2n) is 8.59. The fourth-order valence-electron chi connectivity index (χ4n) is 4.77. The van der Waals surface area contributed by atoms with Crippen molar-refractivity contribution in [3.05, 3.63) is 29.8 Å². The second-order valence-corrected chi connectivity index (χ2v) is 10.5. The highest BCUT2D eigenvalue weighted by Crippen LogP contribution is 2.33. The summed E-state index contributed by atoms with van der Waals surface area (Å²) >= 11 is 0. The van der Waals surface area contributed by atoms with Gasteiger partial charge in [0.25, 0.3) is 0 Å². The van der Waals surface area contributed by atoms with Gasteiger partial charge in [0.05, 0.1) is 4.90 Å². The lowest BCUT2D eigenvalue weighted by molar-refractivity contribution is -0.134. The molecule has 1 atom stereocenters. The molecule has 0 bridgehead atoms. The van der Waals surface area contributed by atoms with E-state index in [-0.39, 0.29) is 17.4 Å². The molecular formula is C22H35N3O3S. The van der Waals surface area contributed by atoms with Gasteiger partial charge in [0.2, 0.25) is 15.9 Å². The van der Waals surface area contributed by atoms with Crippen LogP contribution in [0.5, 0.6) is 0 Å². The van der Waals surface area contributed by atoms with E-state index < -0.39 is 10.0 Å².